The predicted molar refractivity (Wildman–Crippen MR) is 97.1 cm³/mol. The summed E-state index contributed by atoms with van der Waals surface area (Å²) in [6, 6.07) is 20.0. The van der Waals surface area contributed by atoms with Gasteiger partial charge in [-0.2, -0.15) is 0 Å². The van der Waals surface area contributed by atoms with Crippen molar-refractivity contribution in [2.75, 3.05) is 20.2 Å². The third-order valence-corrected chi connectivity index (χ3v) is 4.41. The molecule has 2 aromatic rings. The zero-order valence-corrected chi connectivity index (χ0v) is 14.1. The van der Waals surface area contributed by atoms with Crippen molar-refractivity contribution in [2.24, 2.45) is 0 Å². The number of methoxy groups -OCH3 is 1. The van der Waals surface area contributed by atoms with E-state index in [-0.39, 0.29) is 5.97 Å². The van der Waals surface area contributed by atoms with Crippen LogP contribution in [-0.4, -0.2) is 31.1 Å². The number of nitrogens with zero attached hydrogens (tertiary/aromatic N) is 1. The van der Waals surface area contributed by atoms with Gasteiger partial charge >= 0.3 is 5.97 Å². The molecule has 0 amide bonds. The highest BCUT2D eigenvalue weighted by Crippen LogP contribution is 2.32. The number of carbonyl (C=O) groups is 1. The van der Waals surface area contributed by atoms with Crippen molar-refractivity contribution in [1.29, 1.82) is 0 Å². The van der Waals surface area contributed by atoms with Gasteiger partial charge in [-0.05, 0) is 30.4 Å². The number of carbonyl (C=O) groups excluding carboxylic acids is 1. The van der Waals surface area contributed by atoms with Gasteiger partial charge in [0, 0.05) is 13.1 Å². The van der Waals surface area contributed by atoms with Gasteiger partial charge in [-0.25, -0.2) is 4.79 Å². The smallest absolute Gasteiger partial charge is 0.340 e. The van der Waals surface area contributed by atoms with Crippen molar-refractivity contribution in [2.45, 2.75) is 19.3 Å². The van der Waals surface area contributed by atoms with Gasteiger partial charge in [0.25, 0.3) is 0 Å². The van der Waals surface area contributed by atoms with Crippen LogP contribution in [0.3, 0.4) is 0 Å². The van der Waals surface area contributed by atoms with Crippen molar-refractivity contribution in [1.82, 2.24) is 4.90 Å². The second-order valence-electron chi connectivity index (χ2n) is 5.99. The maximum Gasteiger partial charge on any atom is 0.340 e. The lowest BCUT2D eigenvalue weighted by Gasteiger charge is -2.33. The molecule has 0 N–H and O–H groups in total. The van der Waals surface area contributed by atoms with Gasteiger partial charge in [0.1, 0.15) is 0 Å². The molecule has 0 saturated carbocycles. The number of esters is 1. The van der Waals surface area contributed by atoms with Gasteiger partial charge in [-0.15, -0.1) is 0 Å². The molecule has 124 valence electrons. The first-order valence-electron chi connectivity index (χ1n) is 8.49. The summed E-state index contributed by atoms with van der Waals surface area (Å²) < 4.78 is 5.14. The van der Waals surface area contributed by atoms with E-state index in [9.17, 15) is 4.79 Å². The quantitative estimate of drug-likeness (QED) is 0.480. The minimum Gasteiger partial charge on any atom is -0.465 e. The lowest BCUT2D eigenvalue weighted by molar-refractivity contribution is -0.133. The van der Waals surface area contributed by atoms with Crippen LogP contribution in [0, 0.1) is 0 Å². The lowest BCUT2D eigenvalue weighted by atomic mass is 9.97. The number of ether oxygens (including phenoxy) is 1. The summed E-state index contributed by atoms with van der Waals surface area (Å²) in [5.74, 6) is -0.286. The van der Waals surface area contributed by atoms with Crippen LogP contribution in [-0.2, 0) is 9.53 Å². The number of hydrogen-bond acceptors (Lipinski definition) is 3. The zero-order valence-electron chi connectivity index (χ0n) is 14.1. The molecule has 1 aliphatic rings. The minimum absolute atomic E-state index is 0.286. The van der Waals surface area contributed by atoms with Gasteiger partial charge in [0.05, 0.1) is 18.4 Å². The van der Waals surface area contributed by atoms with Crippen LogP contribution >= 0.6 is 0 Å². The molecule has 3 heteroatoms. The van der Waals surface area contributed by atoms with Crippen LogP contribution in [0.4, 0.5) is 0 Å². The molecule has 0 unspecified atom stereocenters. The molecule has 3 nitrogen and oxygen atoms in total. The molecular weight excluding hydrogens is 298 g/mol. The Morgan fingerprint density at radius 3 is 1.92 bits per heavy atom. The molecule has 1 aliphatic heterocycles. The Kier molecular flexibility index (Phi) is 5.32. The molecule has 0 aliphatic carbocycles. The average molecular weight is 321 g/mol. The normalized spacial score (nSPS) is 15.6. The molecular formula is C21H23NO2. The van der Waals surface area contributed by atoms with Crippen LogP contribution in [0.1, 0.15) is 30.4 Å². The highest BCUT2D eigenvalue weighted by atomic mass is 16.5. The van der Waals surface area contributed by atoms with Gasteiger partial charge in [-0.1, -0.05) is 60.7 Å². The first-order valence-corrected chi connectivity index (χ1v) is 8.49. The van der Waals surface area contributed by atoms with Crippen LogP contribution in [0.25, 0.3) is 11.3 Å². The topological polar surface area (TPSA) is 29.5 Å². The Morgan fingerprint density at radius 2 is 1.38 bits per heavy atom. The standard InChI is InChI=1S/C21H23NO2/c1-24-21(23)19(17-11-5-2-6-12-17)20(18-13-7-3-8-14-18)22-15-9-4-10-16-22/h2-3,5-8,11-14H,4,9-10,15-16H2,1H3/b20-19+. The summed E-state index contributed by atoms with van der Waals surface area (Å²) in [4.78, 5) is 15.0. The molecule has 24 heavy (non-hydrogen) atoms. The van der Waals surface area contributed by atoms with E-state index in [0.29, 0.717) is 5.57 Å². The third kappa shape index (κ3) is 3.51. The number of likely N-dealkylation sites (tertiary alicyclic amines) is 1. The number of benzene rings is 2. The molecule has 1 saturated heterocycles. The van der Waals surface area contributed by atoms with Crippen LogP contribution < -0.4 is 0 Å². The van der Waals surface area contributed by atoms with Crippen molar-refractivity contribution in [3.8, 4) is 0 Å². The lowest BCUT2D eigenvalue weighted by Crippen LogP contribution is -2.30. The highest BCUT2D eigenvalue weighted by molar-refractivity contribution is 6.24. The first-order chi connectivity index (χ1) is 11.8. The fraction of sp³-hybridized carbons (Fsp3) is 0.286. The van der Waals surface area contributed by atoms with Crippen molar-refractivity contribution in [3.05, 3.63) is 71.8 Å². The Balaban J connectivity index is 2.21. The third-order valence-electron chi connectivity index (χ3n) is 4.41. The molecule has 0 aromatic heterocycles. The molecule has 0 radical (unpaired) electrons. The maximum atomic E-state index is 12.7. The fourth-order valence-corrected chi connectivity index (χ4v) is 3.26. The summed E-state index contributed by atoms with van der Waals surface area (Å²) in [6.07, 6.45) is 3.55. The van der Waals surface area contributed by atoms with E-state index in [1.807, 2.05) is 48.5 Å². The molecule has 0 spiro atoms. The van der Waals surface area contributed by atoms with E-state index in [0.717, 1.165) is 42.8 Å². The van der Waals surface area contributed by atoms with Crippen molar-refractivity contribution in [3.63, 3.8) is 0 Å². The van der Waals surface area contributed by atoms with Gasteiger partial charge in [-0.3, -0.25) is 0 Å². The Hall–Kier alpha value is -2.55. The largest absolute Gasteiger partial charge is 0.465 e. The second-order valence-corrected chi connectivity index (χ2v) is 5.99. The summed E-state index contributed by atoms with van der Waals surface area (Å²) in [6.45, 7) is 1.94. The number of hydrogen-bond donors (Lipinski definition) is 0. The number of piperidine rings is 1. The van der Waals surface area contributed by atoms with Crippen LogP contribution in [0.15, 0.2) is 60.7 Å². The summed E-state index contributed by atoms with van der Waals surface area (Å²) in [5.41, 5.74) is 3.58. The number of rotatable bonds is 4. The summed E-state index contributed by atoms with van der Waals surface area (Å²) >= 11 is 0. The van der Waals surface area contributed by atoms with E-state index >= 15 is 0 Å². The van der Waals surface area contributed by atoms with Gasteiger partial charge in [0.15, 0.2) is 0 Å². The average Bonchev–Trinajstić information content (AvgIpc) is 2.67. The predicted octanol–water partition coefficient (Wildman–Crippen LogP) is 4.21. The SMILES string of the molecule is COC(=O)/C(=C(\c1ccccc1)N1CCCCC1)c1ccccc1. The second kappa shape index (κ2) is 7.82. The maximum absolute atomic E-state index is 12.7. The summed E-state index contributed by atoms with van der Waals surface area (Å²) in [5, 5.41) is 0. The molecule has 1 fully saturated rings. The Labute approximate surface area is 143 Å². The molecule has 0 bridgehead atoms. The van der Waals surface area contributed by atoms with E-state index in [1.165, 1.54) is 13.5 Å². The van der Waals surface area contributed by atoms with Crippen LogP contribution in [0.2, 0.25) is 0 Å². The van der Waals surface area contributed by atoms with Gasteiger partial charge < -0.3 is 9.64 Å². The van der Waals surface area contributed by atoms with Crippen molar-refractivity contribution >= 4 is 17.2 Å². The van der Waals surface area contributed by atoms with E-state index in [2.05, 4.69) is 17.0 Å². The van der Waals surface area contributed by atoms with Crippen LogP contribution in [0.5, 0.6) is 0 Å². The zero-order chi connectivity index (χ0) is 16.8. The van der Waals surface area contributed by atoms with E-state index in [4.69, 9.17) is 4.74 Å². The molecule has 0 atom stereocenters. The van der Waals surface area contributed by atoms with Crippen molar-refractivity contribution < 1.29 is 9.53 Å². The molecule has 1 heterocycles. The monoisotopic (exact) mass is 321 g/mol. The minimum atomic E-state index is -0.286. The highest BCUT2D eigenvalue weighted by Gasteiger charge is 2.25. The van der Waals surface area contributed by atoms with E-state index < -0.39 is 0 Å². The Bertz CT molecular complexity index is 701. The fourth-order valence-electron chi connectivity index (χ4n) is 3.26. The van der Waals surface area contributed by atoms with E-state index in [1.54, 1.807) is 0 Å². The first kappa shape index (κ1) is 16.3. The van der Waals surface area contributed by atoms with Gasteiger partial charge in [0.2, 0.25) is 0 Å². The molecule has 3 rings (SSSR count). The summed E-state index contributed by atoms with van der Waals surface area (Å²) in [7, 11) is 1.45. The Morgan fingerprint density at radius 1 is 0.833 bits per heavy atom. The molecule has 2 aromatic carbocycles.